The molecule has 2 heterocycles. The van der Waals surface area contributed by atoms with Crippen molar-refractivity contribution in [3.05, 3.63) is 29.1 Å². The van der Waals surface area contributed by atoms with Crippen LogP contribution in [0.1, 0.15) is 37.1 Å². The van der Waals surface area contributed by atoms with Gasteiger partial charge >= 0.3 is 0 Å². The molecule has 3 nitrogen and oxygen atoms in total. The second-order valence-corrected chi connectivity index (χ2v) is 4.85. The molecule has 3 heteroatoms. The predicted octanol–water partition coefficient (Wildman–Crippen LogP) is 2.31. The molecule has 0 amide bonds. The Morgan fingerprint density at radius 2 is 2.00 bits per heavy atom. The summed E-state index contributed by atoms with van der Waals surface area (Å²) in [7, 11) is 0. The van der Waals surface area contributed by atoms with Crippen molar-refractivity contribution >= 4 is 0 Å². The van der Waals surface area contributed by atoms with Gasteiger partial charge in [0.15, 0.2) is 0 Å². The molecular weight excluding hydrogens is 202 g/mol. The summed E-state index contributed by atoms with van der Waals surface area (Å²) in [6, 6.07) is 2.06. The maximum Gasteiger partial charge on any atom is 0.213 e. The summed E-state index contributed by atoms with van der Waals surface area (Å²) >= 11 is 0. The first-order valence-electron chi connectivity index (χ1n) is 5.93. The zero-order chi connectivity index (χ0) is 11.3. The number of aromatic nitrogens is 1. The lowest BCUT2D eigenvalue weighted by molar-refractivity contribution is -0.182. The molecule has 0 unspecified atom stereocenters. The predicted molar refractivity (Wildman–Crippen MR) is 60.1 cm³/mol. The molecule has 0 bridgehead atoms. The molecule has 1 aromatic heterocycles. The minimum absolute atomic E-state index is 0.147. The molecule has 16 heavy (non-hydrogen) atoms. The van der Waals surface area contributed by atoms with Crippen molar-refractivity contribution in [2.75, 3.05) is 0 Å². The summed E-state index contributed by atoms with van der Waals surface area (Å²) in [5.74, 6) is -0.555. The normalized spacial score (nSPS) is 30.9. The third-order valence-corrected chi connectivity index (χ3v) is 3.77. The van der Waals surface area contributed by atoms with Crippen LogP contribution in [0.3, 0.4) is 0 Å². The Bertz CT molecular complexity index is 420. The van der Waals surface area contributed by atoms with E-state index in [0.717, 1.165) is 18.5 Å². The Labute approximate surface area is 95.8 Å². The molecule has 1 aliphatic heterocycles. The third kappa shape index (κ3) is 1.25. The summed E-state index contributed by atoms with van der Waals surface area (Å²) in [6.07, 6.45) is 4.05. The Hall–Kier alpha value is -0.930. The summed E-state index contributed by atoms with van der Waals surface area (Å²) in [5.41, 5.74) is 3.61. The zero-order valence-electron chi connectivity index (χ0n) is 9.99. The first-order chi connectivity index (χ1) is 7.62. The van der Waals surface area contributed by atoms with E-state index in [4.69, 9.17) is 9.47 Å². The second kappa shape index (κ2) is 3.28. The molecule has 3 rings (SSSR count). The van der Waals surface area contributed by atoms with Crippen molar-refractivity contribution in [2.45, 2.75) is 51.6 Å². The van der Waals surface area contributed by atoms with Crippen molar-refractivity contribution in [1.29, 1.82) is 0 Å². The molecule has 1 aliphatic carbocycles. The Kier molecular flexibility index (Phi) is 2.10. The van der Waals surface area contributed by atoms with Gasteiger partial charge in [0.2, 0.25) is 5.79 Å². The summed E-state index contributed by atoms with van der Waals surface area (Å²) in [5, 5.41) is 0. The van der Waals surface area contributed by atoms with Gasteiger partial charge in [-0.3, -0.25) is 4.98 Å². The van der Waals surface area contributed by atoms with Gasteiger partial charge in [0.25, 0.3) is 0 Å². The number of hydrogen-bond acceptors (Lipinski definition) is 3. The molecule has 0 aromatic carbocycles. The topological polar surface area (TPSA) is 31.4 Å². The molecule has 86 valence electrons. The highest BCUT2D eigenvalue weighted by atomic mass is 16.8. The van der Waals surface area contributed by atoms with Crippen molar-refractivity contribution in [1.82, 2.24) is 4.98 Å². The van der Waals surface area contributed by atoms with E-state index in [1.165, 1.54) is 11.1 Å². The maximum atomic E-state index is 6.02. The van der Waals surface area contributed by atoms with Gasteiger partial charge in [0.05, 0.1) is 12.2 Å². The van der Waals surface area contributed by atoms with E-state index < -0.39 is 5.79 Å². The first kappa shape index (κ1) is 10.2. The van der Waals surface area contributed by atoms with Crippen LogP contribution in [0.15, 0.2) is 12.3 Å². The second-order valence-electron chi connectivity index (χ2n) is 4.85. The molecule has 1 fully saturated rings. The largest absolute Gasteiger partial charge is 0.339 e. The average Bonchev–Trinajstić information content (AvgIpc) is 2.72. The summed E-state index contributed by atoms with van der Waals surface area (Å²) < 4.78 is 12.0. The number of pyridine rings is 1. The smallest absolute Gasteiger partial charge is 0.213 e. The molecule has 2 aliphatic rings. The van der Waals surface area contributed by atoms with Gasteiger partial charge < -0.3 is 9.47 Å². The lowest BCUT2D eigenvalue weighted by Gasteiger charge is -2.22. The van der Waals surface area contributed by atoms with Gasteiger partial charge in [0, 0.05) is 12.6 Å². The number of ether oxygens (including phenoxy) is 2. The number of nitrogens with zero attached hydrogens (tertiary/aromatic N) is 1. The van der Waals surface area contributed by atoms with Crippen molar-refractivity contribution in [2.24, 2.45) is 0 Å². The minimum Gasteiger partial charge on any atom is -0.339 e. The van der Waals surface area contributed by atoms with Gasteiger partial charge in [-0.2, -0.15) is 0 Å². The molecule has 0 N–H and O–H groups in total. The molecule has 1 spiro atoms. The first-order valence-corrected chi connectivity index (χ1v) is 5.93. The molecule has 2 atom stereocenters. The number of fused-ring (bicyclic) bond motifs is 2. The molecule has 1 aromatic rings. The fourth-order valence-electron chi connectivity index (χ4n) is 2.69. The summed E-state index contributed by atoms with van der Waals surface area (Å²) in [6.45, 7) is 6.25. The van der Waals surface area contributed by atoms with E-state index >= 15 is 0 Å². The number of aryl methyl sites for hydroxylation is 1. The fraction of sp³-hybridized carbons (Fsp3) is 0.615. The van der Waals surface area contributed by atoms with Gasteiger partial charge in [0.1, 0.15) is 5.69 Å². The van der Waals surface area contributed by atoms with Crippen molar-refractivity contribution < 1.29 is 9.47 Å². The molecule has 0 saturated carbocycles. The fourth-order valence-corrected chi connectivity index (χ4v) is 2.69. The van der Waals surface area contributed by atoms with E-state index in [0.29, 0.717) is 0 Å². The van der Waals surface area contributed by atoms with Gasteiger partial charge in [-0.05, 0) is 44.4 Å². The number of hydrogen-bond donors (Lipinski definition) is 0. The third-order valence-electron chi connectivity index (χ3n) is 3.77. The van der Waals surface area contributed by atoms with Crippen LogP contribution in [0.2, 0.25) is 0 Å². The molecular formula is C13H17NO2. The van der Waals surface area contributed by atoms with Gasteiger partial charge in [-0.15, -0.1) is 0 Å². The lowest BCUT2D eigenvalue weighted by atomic mass is 10.1. The lowest BCUT2D eigenvalue weighted by Crippen LogP contribution is -2.25. The van der Waals surface area contributed by atoms with E-state index in [2.05, 4.69) is 31.8 Å². The van der Waals surface area contributed by atoms with Crippen LogP contribution in [0, 0.1) is 6.92 Å². The molecule has 1 saturated heterocycles. The van der Waals surface area contributed by atoms with Crippen LogP contribution < -0.4 is 0 Å². The van der Waals surface area contributed by atoms with E-state index in [1.807, 2.05) is 6.20 Å². The highest BCUT2D eigenvalue weighted by molar-refractivity contribution is 5.36. The monoisotopic (exact) mass is 219 g/mol. The Morgan fingerprint density at radius 3 is 2.69 bits per heavy atom. The SMILES string of the molecule is Cc1ccnc2c1CCC21O[C@H](C)[C@@H](C)O1. The van der Waals surface area contributed by atoms with Crippen molar-refractivity contribution in [3.8, 4) is 0 Å². The minimum atomic E-state index is -0.555. The molecule has 0 radical (unpaired) electrons. The Balaban J connectivity index is 2.07. The van der Waals surface area contributed by atoms with Gasteiger partial charge in [-0.25, -0.2) is 0 Å². The quantitative estimate of drug-likeness (QED) is 0.671. The summed E-state index contributed by atoms with van der Waals surface area (Å²) in [4.78, 5) is 4.47. The highest BCUT2D eigenvalue weighted by Gasteiger charge is 2.50. The van der Waals surface area contributed by atoms with Crippen molar-refractivity contribution in [3.63, 3.8) is 0 Å². The van der Waals surface area contributed by atoms with Gasteiger partial charge in [-0.1, -0.05) is 0 Å². The standard InChI is InChI=1S/C13H17NO2/c1-8-5-7-14-12-11(8)4-6-13(12)15-9(2)10(3)16-13/h5,7,9-10H,4,6H2,1-3H3/t9-,10-/m1/s1. The van der Waals surface area contributed by atoms with Crippen LogP contribution in [0.5, 0.6) is 0 Å². The zero-order valence-corrected chi connectivity index (χ0v) is 9.99. The number of rotatable bonds is 0. The van der Waals surface area contributed by atoms with E-state index in [1.54, 1.807) is 0 Å². The maximum absolute atomic E-state index is 6.02. The van der Waals surface area contributed by atoms with E-state index in [9.17, 15) is 0 Å². The average molecular weight is 219 g/mol. The highest BCUT2D eigenvalue weighted by Crippen LogP contribution is 2.46. The Morgan fingerprint density at radius 1 is 1.31 bits per heavy atom. The van der Waals surface area contributed by atoms with Crippen LogP contribution in [-0.2, 0) is 21.7 Å². The van der Waals surface area contributed by atoms with Crippen LogP contribution >= 0.6 is 0 Å². The van der Waals surface area contributed by atoms with Crippen LogP contribution in [0.4, 0.5) is 0 Å². The van der Waals surface area contributed by atoms with Crippen LogP contribution in [-0.4, -0.2) is 17.2 Å². The van der Waals surface area contributed by atoms with Crippen LogP contribution in [0.25, 0.3) is 0 Å². The van der Waals surface area contributed by atoms with E-state index in [-0.39, 0.29) is 12.2 Å².